The molecule has 0 heterocycles. The number of rotatable bonds is 9. The number of hydrogen-bond acceptors (Lipinski definition) is 1. The summed E-state index contributed by atoms with van der Waals surface area (Å²) in [6, 6.07) is 101. The fraction of sp³-hybridized carbons (Fsp3) is 0.0571. The molecule has 0 aromatic heterocycles. The predicted octanol–water partition coefficient (Wildman–Crippen LogP) is 18.5. The Morgan fingerprint density at radius 1 is 0.268 bits per heavy atom. The van der Waals surface area contributed by atoms with Crippen molar-refractivity contribution in [3.63, 3.8) is 0 Å². The molecule has 1 heteroatoms. The first-order valence-corrected chi connectivity index (χ1v) is 24.8. The average molecular weight is 906 g/mol. The van der Waals surface area contributed by atoms with Gasteiger partial charge in [0.1, 0.15) is 0 Å². The Hall–Kier alpha value is -8.78. The minimum absolute atomic E-state index is 0.119. The van der Waals surface area contributed by atoms with Crippen LogP contribution in [0.2, 0.25) is 0 Å². The molecule has 0 unspecified atom stereocenters. The number of fused-ring (bicyclic) bond motifs is 6. The molecule has 0 aliphatic heterocycles. The van der Waals surface area contributed by atoms with Crippen molar-refractivity contribution in [1.29, 1.82) is 0 Å². The largest absolute Gasteiger partial charge is 0.309 e. The van der Waals surface area contributed by atoms with Gasteiger partial charge in [0, 0.05) is 22.2 Å². The topological polar surface area (TPSA) is 3.24 Å². The lowest BCUT2D eigenvalue weighted by Crippen LogP contribution is -2.28. The van der Waals surface area contributed by atoms with Crippen molar-refractivity contribution < 1.29 is 0 Å². The van der Waals surface area contributed by atoms with Crippen LogP contribution in [-0.4, -0.2) is 0 Å². The van der Waals surface area contributed by atoms with E-state index in [0.29, 0.717) is 0 Å². The van der Waals surface area contributed by atoms with Crippen LogP contribution in [0.25, 0.3) is 66.8 Å². The predicted molar refractivity (Wildman–Crippen MR) is 298 cm³/mol. The van der Waals surface area contributed by atoms with E-state index >= 15 is 0 Å². The molecule has 13 rings (SSSR count). The fourth-order valence-corrected chi connectivity index (χ4v) is 12.3. The van der Waals surface area contributed by atoms with Crippen LogP contribution in [0.3, 0.4) is 0 Å². The number of nitrogens with zero attached hydrogens (tertiary/aromatic N) is 1. The minimum atomic E-state index is -0.572. The van der Waals surface area contributed by atoms with E-state index in [4.69, 9.17) is 0 Å². The van der Waals surface area contributed by atoms with Crippen LogP contribution in [-0.2, 0) is 10.8 Å². The fourth-order valence-electron chi connectivity index (χ4n) is 12.3. The normalized spacial score (nSPS) is 13.4. The summed E-state index contributed by atoms with van der Waals surface area (Å²) in [7, 11) is 0. The van der Waals surface area contributed by atoms with Crippen molar-refractivity contribution in [2.75, 3.05) is 4.90 Å². The van der Waals surface area contributed by atoms with Gasteiger partial charge < -0.3 is 4.90 Å². The molecule has 0 spiro atoms. The minimum Gasteiger partial charge on any atom is -0.309 e. The highest BCUT2D eigenvalue weighted by Crippen LogP contribution is 2.61. The van der Waals surface area contributed by atoms with Gasteiger partial charge in [-0.05, 0) is 113 Å². The summed E-state index contributed by atoms with van der Waals surface area (Å²) < 4.78 is 0. The number of benzene rings is 11. The standard InChI is InChI=1S/C70H51N/c1-69(2)60-41-19-17-37-58(60)66-56(39-22-43-62(66)69)50-29-21-34-53(47-50)71(64-45-23-40-55(49-27-9-4-10-28-49)67(64)57-36-16-15-35-54(57)48-25-7-3-8-26-48)65-46-24-44-63-68(65)59-38-18-20-42-61(59)70(63,51-30-11-5-12-31-51)52-32-13-6-14-33-52/h3-47H,1-2H3. The molecule has 0 saturated heterocycles. The van der Waals surface area contributed by atoms with Crippen molar-refractivity contribution >= 4 is 17.1 Å². The molecule has 2 aliphatic carbocycles. The van der Waals surface area contributed by atoms with Gasteiger partial charge >= 0.3 is 0 Å². The van der Waals surface area contributed by atoms with Gasteiger partial charge in [-0.25, -0.2) is 0 Å². The Morgan fingerprint density at radius 2 is 0.676 bits per heavy atom. The molecule has 336 valence electrons. The molecule has 0 amide bonds. The van der Waals surface area contributed by atoms with E-state index < -0.39 is 5.41 Å². The third kappa shape index (κ3) is 6.61. The molecule has 0 N–H and O–H groups in total. The molecule has 0 atom stereocenters. The van der Waals surface area contributed by atoms with Crippen LogP contribution in [0.15, 0.2) is 273 Å². The lowest BCUT2D eigenvalue weighted by molar-refractivity contribution is 0.660. The van der Waals surface area contributed by atoms with Gasteiger partial charge in [0.25, 0.3) is 0 Å². The summed E-state index contributed by atoms with van der Waals surface area (Å²) in [5.74, 6) is 0. The van der Waals surface area contributed by atoms with E-state index in [1.165, 1.54) is 94.6 Å². The van der Waals surface area contributed by atoms with Gasteiger partial charge in [-0.1, -0.05) is 263 Å². The second-order valence-corrected chi connectivity index (χ2v) is 19.5. The molecule has 0 fully saturated rings. The van der Waals surface area contributed by atoms with Crippen molar-refractivity contribution in [2.45, 2.75) is 24.7 Å². The summed E-state index contributed by atoms with van der Waals surface area (Å²) in [5, 5.41) is 0. The Balaban J connectivity index is 1.14. The summed E-state index contributed by atoms with van der Waals surface area (Å²) in [6.45, 7) is 4.74. The first-order valence-electron chi connectivity index (χ1n) is 24.8. The first-order chi connectivity index (χ1) is 35.0. The molecular formula is C70H51N. The maximum atomic E-state index is 2.58. The summed E-state index contributed by atoms with van der Waals surface area (Å²) in [5.41, 5.74) is 24.9. The number of hydrogen-bond donors (Lipinski definition) is 0. The van der Waals surface area contributed by atoms with E-state index in [2.05, 4.69) is 292 Å². The smallest absolute Gasteiger partial charge is 0.0714 e. The van der Waals surface area contributed by atoms with E-state index in [0.717, 1.165) is 22.6 Å². The summed E-state index contributed by atoms with van der Waals surface area (Å²) >= 11 is 0. The highest BCUT2D eigenvalue weighted by Gasteiger charge is 2.47. The van der Waals surface area contributed by atoms with E-state index in [-0.39, 0.29) is 5.41 Å². The van der Waals surface area contributed by atoms with Crippen LogP contribution in [0.4, 0.5) is 17.1 Å². The highest BCUT2D eigenvalue weighted by atomic mass is 15.1. The van der Waals surface area contributed by atoms with Crippen LogP contribution in [0.1, 0.15) is 47.2 Å². The highest BCUT2D eigenvalue weighted by molar-refractivity contribution is 6.05. The molecule has 1 nitrogen and oxygen atoms in total. The van der Waals surface area contributed by atoms with Crippen molar-refractivity contribution in [1.82, 2.24) is 0 Å². The molecule has 2 aliphatic rings. The van der Waals surface area contributed by atoms with E-state index in [1.807, 2.05) is 0 Å². The second kappa shape index (κ2) is 17.0. The number of anilines is 3. The maximum Gasteiger partial charge on any atom is 0.0714 e. The SMILES string of the molecule is CC1(C)c2ccccc2-c2c(-c3cccc(N(c4cccc(-c5ccccc5)c4-c4ccccc4-c4ccccc4)c4cccc5c4-c4ccccc4C5(c4ccccc4)c4ccccc4)c3)cccc21. The van der Waals surface area contributed by atoms with Crippen molar-refractivity contribution in [2.24, 2.45) is 0 Å². The molecule has 0 radical (unpaired) electrons. The van der Waals surface area contributed by atoms with Gasteiger partial charge in [0.2, 0.25) is 0 Å². The van der Waals surface area contributed by atoms with Crippen molar-refractivity contribution in [3.8, 4) is 66.8 Å². The average Bonchev–Trinajstić information content (AvgIpc) is 3.88. The molecule has 71 heavy (non-hydrogen) atoms. The third-order valence-corrected chi connectivity index (χ3v) is 15.4. The van der Waals surface area contributed by atoms with Crippen molar-refractivity contribution in [3.05, 3.63) is 306 Å². The van der Waals surface area contributed by atoms with Gasteiger partial charge in [-0.2, -0.15) is 0 Å². The van der Waals surface area contributed by atoms with Gasteiger partial charge in [-0.15, -0.1) is 0 Å². The van der Waals surface area contributed by atoms with E-state index in [9.17, 15) is 0 Å². The second-order valence-electron chi connectivity index (χ2n) is 19.5. The zero-order valence-electron chi connectivity index (χ0n) is 39.9. The molecule has 11 aromatic carbocycles. The molecule has 0 bridgehead atoms. The van der Waals surface area contributed by atoms with Crippen LogP contribution in [0, 0.1) is 0 Å². The lowest BCUT2D eigenvalue weighted by Gasteiger charge is -2.35. The Bertz CT molecular complexity index is 3740. The third-order valence-electron chi connectivity index (χ3n) is 15.4. The Labute approximate surface area is 417 Å². The lowest BCUT2D eigenvalue weighted by atomic mass is 9.68. The summed E-state index contributed by atoms with van der Waals surface area (Å²) in [6.07, 6.45) is 0. The monoisotopic (exact) mass is 905 g/mol. The Morgan fingerprint density at radius 3 is 1.32 bits per heavy atom. The van der Waals surface area contributed by atoms with Crippen LogP contribution < -0.4 is 4.90 Å². The zero-order chi connectivity index (χ0) is 47.5. The van der Waals surface area contributed by atoms with Crippen LogP contribution in [0.5, 0.6) is 0 Å². The zero-order valence-corrected chi connectivity index (χ0v) is 39.9. The first kappa shape index (κ1) is 42.3. The molecule has 0 saturated carbocycles. The maximum absolute atomic E-state index is 2.58. The van der Waals surface area contributed by atoms with Gasteiger partial charge in [0.15, 0.2) is 0 Å². The van der Waals surface area contributed by atoms with E-state index in [1.54, 1.807) is 0 Å². The van der Waals surface area contributed by atoms with Gasteiger partial charge in [0.05, 0.1) is 16.8 Å². The Kier molecular flexibility index (Phi) is 10.1. The molecule has 11 aromatic rings. The molecular weight excluding hydrogens is 855 g/mol. The summed E-state index contributed by atoms with van der Waals surface area (Å²) in [4.78, 5) is 2.58. The quantitative estimate of drug-likeness (QED) is 0.139. The van der Waals surface area contributed by atoms with Crippen LogP contribution >= 0.6 is 0 Å². The van der Waals surface area contributed by atoms with Gasteiger partial charge in [-0.3, -0.25) is 0 Å².